The Balaban J connectivity index is 2.07. The second kappa shape index (κ2) is 6.92. The molecule has 1 aliphatic heterocycles. The molecule has 1 heterocycles. The van der Waals surface area contributed by atoms with Crippen molar-refractivity contribution in [1.29, 1.82) is 0 Å². The molecule has 1 atom stereocenters. The smallest absolute Gasteiger partial charge is 0.0635 e. The van der Waals surface area contributed by atoms with Crippen molar-refractivity contribution in [2.75, 3.05) is 24.6 Å². The summed E-state index contributed by atoms with van der Waals surface area (Å²) in [5.74, 6) is 0.670. The van der Waals surface area contributed by atoms with Crippen LogP contribution in [-0.4, -0.2) is 30.8 Å². The molecule has 0 aliphatic carbocycles. The summed E-state index contributed by atoms with van der Waals surface area (Å²) in [5, 5.41) is 13.0. The zero-order chi connectivity index (χ0) is 13.7. The molecule has 1 aromatic carbocycles. The molecule has 3 nitrogen and oxygen atoms in total. The van der Waals surface area contributed by atoms with Crippen molar-refractivity contribution in [1.82, 2.24) is 5.32 Å². The van der Waals surface area contributed by atoms with Gasteiger partial charge in [0.15, 0.2) is 0 Å². The van der Waals surface area contributed by atoms with Crippen molar-refractivity contribution in [3.63, 3.8) is 0 Å². The van der Waals surface area contributed by atoms with Gasteiger partial charge in [-0.1, -0.05) is 32.0 Å². The van der Waals surface area contributed by atoms with E-state index in [2.05, 4.69) is 48.3 Å². The Labute approximate surface area is 116 Å². The highest BCUT2D eigenvalue weighted by Crippen LogP contribution is 2.28. The van der Waals surface area contributed by atoms with Crippen LogP contribution in [0.15, 0.2) is 24.3 Å². The van der Waals surface area contributed by atoms with Gasteiger partial charge in [-0.3, -0.25) is 0 Å². The number of aliphatic hydroxyl groups excluding tert-OH is 1. The van der Waals surface area contributed by atoms with Gasteiger partial charge in [-0.15, -0.1) is 0 Å². The molecule has 1 fully saturated rings. The Hall–Kier alpha value is -1.06. The summed E-state index contributed by atoms with van der Waals surface area (Å²) in [6.45, 7) is 7.71. The third-order valence-corrected chi connectivity index (χ3v) is 3.76. The molecule has 0 saturated carbocycles. The van der Waals surface area contributed by atoms with Crippen molar-refractivity contribution >= 4 is 5.69 Å². The lowest BCUT2D eigenvalue weighted by atomic mass is 10.1. The first-order chi connectivity index (χ1) is 9.22. The predicted molar refractivity (Wildman–Crippen MR) is 80.4 cm³/mol. The van der Waals surface area contributed by atoms with E-state index in [1.807, 2.05) is 0 Å². The van der Waals surface area contributed by atoms with E-state index in [1.165, 1.54) is 17.7 Å². The summed E-state index contributed by atoms with van der Waals surface area (Å²) < 4.78 is 0. The normalized spacial score (nSPS) is 19.4. The third kappa shape index (κ3) is 3.71. The summed E-state index contributed by atoms with van der Waals surface area (Å²) >= 11 is 0. The summed E-state index contributed by atoms with van der Waals surface area (Å²) in [6.07, 6.45) is 2.28. The van der Waals surface area contributed by atoms with Crippen LogP contribution in [0.4, 0.5) is 5.69 Å². The third-order valence-electron chi connectivity index (χ3n) is 3.76. The van der Waals surface area contributed by atoms with Crippen molar-refractivity contribution in [2.24, 2.45) is 5.92 Å². The fourth-order valence-electron chi connectivity index (χ4n) is 2.78. The zero-order valence-electron chi connectivity index (χ0n) is 12.1. The van der Waals surface area contributed by atoms with Crippen molar-refractivity contribution in [3.8, 4) is 0 Å². The maximum Gasteiger partial charge on any atom is 0.0635 e. The van der Waals surface area contributed by atoms with Gasteiger partial charge in [0.25, 0.3) is 0 Å². The molecule has 0 aromatic heterocycles. The van der Waals surface area contributed by atoms with Crippen LogP contribution in [0.2, 0.25) is 0 Å². The molecule has 1 aliphatic rings. The van der Waals surface area contributed by atoms with Crippen LogP contribution in [0.3, 0.4) is 0 Å². The molecule has 0 spiro atoms. The van der Waals surface area contributed by atoms with E-state index >= 15 is 0 Å². The molecule has 0 amide bonds. The number of nitrogens with zero attached hydrogens (tertiary/aromatic N) is 1. The largest absolute Gasteiger partial charge is 0.394 e. The van der Waals surface area contributed by atoms with E-state index in [4.69, 9.17) is 0 Å². The Morgan fingerprint density at radius 2 is 2.16 bits per heavy atom. The molecule has 106 valence electrons. The highest BCUT2D eigenvalue weighted by Gasteiger charge is 2.25. The molecule has 3 heteroatoms. The van der Waals surface area contributed by atoms with Crippen LogP contribution < -0.4 is 10.2 Å². The average Bonchev–Trinajstić information content (AvgIpc) is 2.87. The second-order valence-electron chi connectivity index (χ2n) is 5.83. The SMILES string of the molecule is CC(C)CNCc1ccccc1N1CCCC1CO. The first-order valence-corrected chi connectivity index (χ1v) is 7.38. The number of para-hydroxylation sites is 1. The number of anilines is 1. The monoisotopic (exact) mass is 262 g/mol. The quantitative estimate of drug-likeness (QED) is 0.826. The molecule has 0 bridgehead atoms. The Kier molecular flexibility index (Phi) is 5.23. The fraction of sp³-hybridized carbons (Fsp3) is 0.625. The van der Waals surface area contributed by atoms with Crippen LogP contribution in [0.25, 0.3) is 0 Å². The van der Waals surface area contributed by atoms with E-state index in [0.29, 0.717) is 12.0 Å². The van der Waals surface area contributed by atoms with E-state index in [9.17, 15) is 5.11 Å². The topological polar surface area (TPSA) is 35.5 Å². The van der Waals surface area contributed by atoms with Gasteiger partial charge >= 0.3 is 0 Å². The van der Waals surface area contributed by atoms with E-state index < -0.39 is 0 Å². The molecule has 1 aromatic rings. The van der Waals surface area contributed by atoms with Crippen LogP contribution in [0.1, 0.15) is 32.3 Å². The molecule has 19 heavy (non-hydrogen) atoms. The van der Waals surface area contributed by atoms with Gasteiger partial charge in [0.2, 0.25) is 0 Å². The lowest BCUT2D eigenvalue weighted by Crippen LogP contribution is -2.33. The Morgan fingerprint density at radius 3 is 2.89 bits per heavy atom. The maximum absolute atomic E-state index is 9.48. The van der Waals surface area contributed by atoms with Crippen molar-refractivity contribution in [2.45, 2.75) is 39.3 Å². The minimum absolute atomic E-state index is 0.258. The summed E-state index contributed by atoms with van der Waals surface area (Å²) in [4.78, 5) is 2.37. The average molecular weight is 262 g/mol. The summed E-state index contributed by atoms with van der Waals surface area (Å²) in [5.41, 5.74) is 2.62. The fourth-order valence-corrected chi connectivity index (χ4v) is 2.78. The summed E-state index contributed by atoms with van der Waals surface area (Å²) in [6, 6.07) is 8.86. The summed E-state index contributed by atoms with van der Waals surface area (Å²) in [7, 11) is 0. The van der Waals surface area contributed by atoms with Gasteiger partial charge in [-0.2, -0.15) is 0 Å². The number of benzene rings is 1. The zero-order valence-corrected chi connectivity index (χ0v) is 12.1. The first-order valence-electron chi connectivity index (χ1n) is 7.38. The standard InChI is InChI=1S/C16H26N2O/c1-13(2)10-17-11-14-6-3-4-8-16(14)18-9-5-7-15(18)12-19/h3-4,6,8,13,15,17,19H,5,7,9-12H2,1-2H3. The molecule has 0 radical (unpaired) electrons. The van der Waals surface area contributed by atoms with Crippen molar-refractivity contribution < 1.29 is 5.11 Å². The van der Waals surface area contributed by atoms with Gasteiger partial charge < -0.3 is 15.3 Å². The predicted octanol–water partition coefficient (Wildman–Crippen LogP) is 2.39. The molecule has 1 saturated heterocycles. The number of hydrogen-bond donors (Lipinski definition) is 2. The van der Waals surface area contributed by atoms with Gasteiger partial charge in [-0.25, -0.2) is 0 Å². The molecule has 1 unspecified atom stereocenters. The second-order valence-corrected chi connectivity index (χ2v) is 5.83. The Morgan fingerprint density at radius 1 is 1.37 bits per heavy atom. The first kappa shape index (κ1) is 14.4. The number of hydrogen-bond acceptors (Lipinski definition) is 3. The van der Waals surface area contributed by atoms with E-state index in [0.717, 1.165) is 26.1 Å². The van der Waals surface area contributed by atoms with Gasteiger partial charge in [0.1, 0.15) is 0 Å². The molecular weight excluding hydrogens is 236 g/mol. The van der Waals surface area contributed by atoms with E-state index in [-0.39, 0.29) is 6.61 Å². The lowest BCUT2D eigenvalue weighted by molar-refractivity contribution is 0.266. The Bertz CT molecular complexity index is 392. The van der Waals surface area contributed by atoms with Gasteiger partial charge in [-0.05, 0) is 36.9 Å². The maximum atomic E-state index is 9.48. The number of aliphatic hydroxyl groups is 1. The van der Waals surface area contributed by atoms with Crippen molar-refractivity contribution in [3.05, 3.63) is 29.8 Å². The van der Waals surface area contributed by atoms with Crippen LogP contribution in [0.5, 0.6) is 0 Å². The van der Waals surface area contributed by atoms with E-state index in [1.54, 1.807) is 0 Å². The van der Waals surface area contributed by atoms with Gasteiger partial charge in [0, 0.05) is 18.8 Å². The highest BCUT2D eigenvalue weighted by molar-refractivity contribution is 5.55. The van der Waals surface area contributed by atoms with Crippen LogP contribution >= 0.6 is 0 Å². The minimum Gasteiger partial charge on any atom is -0.394 e. The van der Waals surface area contributed by atoms with Crippen LogP contribution in [-0.2, 0) is 6.54 Å². The highest BCUT2D eigenvalue weighted by atomic mass is 16.3. The molecule has 2 rings (SSSR count). The minimum atomic E-state index is 0.258. The lowest BCUT2D eigenvalue weighted by Gasteiger charge is -2.27. The molecular formula is C16H26N2O. The van der Waals surface area contributed by atoms with Gasteiger partial charge in [0.05, 0.1) is 12.6 Å². The van der Waals surface area contributed by atoms with Crippen LogP contribution in [0, 0.1) is 5.92 Å². The molecule has 2 N–H and O–H groups in total. The number of nitrogens with one attached hydrogen (secondary N) is 1. The number of rotatable bonds is 6.